The van der Waals surface area contributed by atoms with Gasteiger partial charge in [0.05, 0.1) is 17.8 Å². The summed E-state index contributed by atoms with van der Waals surface area (Å²) in [7, 11) is 0. The van der Waals surface area contributed by atoms with Crippen molar-refractivity contribution in [2.75, 3.05) is 13.1 Å². The number of carbonyl (C=O) groups is 2. The van der Waals surface area contributed by atoms with Gasteiger partial charge in [0.1, 0.15) is 0 Å². The van der Waals surface area contributed by atoms with Crippen molar-refractivity contribution < 1.29 is 14.7 Å². The Balaban J connectivity index is 1.96. The van der Waals surface area contributed by atoms with E-state index in [0.29, 0.717) is 19.5 Å². The molecule has 8 nitrogen and oxygen atoms in total. The van der Waals surface area contributed by atoms with Crippen LogP contribution in [-0.2, 0) is 4.79 Å². The van der Waals surface area contributed by atoms with Crippen LogP contribution in [0, 0.1) is 0 Å². The first kappa shape index (κ1) is 13.5. The maximum Gasteiger partial charge on any atom is 0.358 e. The van der Waals surface area contributed by atoms with Crippen LogP contribution in [0.5, 0.6) is 0 Å². The van der Waals surface area contributed by atoms with Crippen LogP contribution in [0.2, 0.25) is 0 Å². The second-order valence-corrected chi connectivity index (χ2v) is 5.02. The van der Waals surface area contributed by atoms with Gasteiger partial charge < -0.3 is 15.7 Å². The summed E-state index contributed by atoms with van der Waals surface area (Å²) < 4.78 is 1.48. The van der Waals surface area contributed by atoms with Crippen LogP contribution in [-0.4, -0.2) is 55.5 Å². The topological polar surface area (TPSA) is 114 Å². The van der Waals surface area contributed by atoms with Crippen LogP contribution in [0.15, 0.2) is 6.20 Å². The Morgan fingerprint density at radius 2 is 2.21 bits per heavy atom. The fraction of sp³-hybridized carbons (Fsp3) is 0.636. The van der Waals surface area contributed by atoms with E-state index in [9.17, 15) is 9.59 Å². The number of carboxylic acid groups (broad SMARTS) is 1. The molecule has 0 aliphatic carbocycles. The number of carboxylic acids is 1. The van der Waals surface area contributed by atoms with Crippen molar-refractivity contribution in [2.24, 2.45) is 5.73 Å². The molecule has 0 radical (unpaired) electrons. The summed E-state index contributed by atoms with van der Waals surface area (Å²) in [5.41, 5.74) is 4.95. The van der Waals surface area contributed by atoms with E-state index in [1.165, 1.54) is 10.9 Å². The minimum Gasteiger partial charge on any atom is -0.476 e. The smallest absolute Gasteiger partial charge is 0.358 e. The van der Waals surface area contributed by atoms with Crippen molar-refractivity contribution in [3.8, 4) is 0 Å². The molecular weight excluding hydrogens is 250 g/mol. The van der Waals surface area contributed by atoms with Crippen molar-refractivity contribution in [1.82, 2.24) is 19.9 Å². The van der Waals surface area contributed by atoms with Gasteiger partial charge in [0, 0.05) is 13.1 Å². The molecule has 0 saturated carbocycles. The molecule has 1 aliphatic rings. The number of aromatic carboxylic acids is 1. The first-order valence-electron chi connectivity index (χ1n) is 6.08. The molecule has 1 unspecified atom stereocenters. The zero-order chi connectivity index (χ0) is 14.2. The van der Waals surface area contributed by atoms with Crippen LogP contribution in [0.4, 0.5) is 0 Å². The molecule has 1 atom stereocenters. The zero-order valence-electron chi connectivity index (χ0n) is 10.9. The third kappa shape index (κ3) is 2.43. The third-order valence-electron chi connectivity index (χ3n) is 3.48. The quantitative estimate of drug-likeness (QED) is 0.759. The van der Waals surface area contributed by atoms with E-state index >= 15 is 0 Å². The molecule has 2 heterocycles. The van der Waals surface area contributed by atoms with E-state index in [-0.39, 0.29) is 17.6 Å². The van der Waals surface area contributed by atoms with E-state index in [2.05, 4.69) is 10.3 Å². The van der Waals surface area contributed by atoms with E-state index in [0.717, 1.165) is 0 Å². The molecule has 1 aliphatic heterocycles. The normalized spacial score (nSPS) is 18.8. The van der Waals surface area contributed by atoms with Crippen molar-refractivity contribution in [1.29, 1.82) is 0 Å². The highest BCUT2D eigenvalue weighted by Crippen LogP contribution is 2.23. The number of carbonyl (C=O) groups excluding carboxylic acids is 1. The highest BCUT2D eigenvalue weighted by Gasteiger charge is 2.39. The second kappa shape index (κ2) is 4.61. The van der Waals surface area contributed by atoms with Gasteiger partial charge in [-0.2, -0.15) is 0 Å². The summed E-state index contributed by atoms with van der Waals surface area (Å²) in [6.45, 7) is 4.54. The Bertz CT molecular complexity index is 504. The van der Waals surface area contributed by atoms with Gasteiger partial charge in [-0.1, -0.05) is 12.1 Å². The standard InChI is InChI=1S/C11H17N5O3/c1-3-11(2,12)10(19)15-4-7(5-15)16-6-8(9(17)18)13-14-16/h6-7H,3-5,12H2,1-2H3,(H,17,18). The molecular formula is C11H17N5O3. The molecule has 0 aromatic carbocycles. The molecule has 0 spiro atoms. The molecule has 8 heteroatoms. The van der Waals surface area contributed by atoms with Crippen molar-refractivity contribution in [3.05, 3.63) is 11.9 Å². The highest BCUT2D eigenvalue weighted by molar-refractivity contribution is 5.86. The maximum atomic E-state index is 12.0. The number of aromatic nitrogens is 3. The highest BCUT2D eigenvalue weighted by atomic mass is 16.4. The molecule has 3 N–H and O–H groups in total. The predicted octanol–water partition coefficient (Wildman–Crippen LogP) is -0.513. The molecule has 1 aromatic heterocycles. The lowest BCUT2D eigenvalue weighted by Crippen LogP contribution is -2.60. The lowest BCUT2D eigenvalue weighted by Gasteiger charge is -2.42. The molecule has 1 saturated heterocycles. The van der Waals surface area contributed by atoms with Gasteiger partial charge in [0.25, 0.3) is 0 Å². The van der Waals surface area contributed by atoms with E-state index in [4.69, 9.17) is 10.8 Å². The first-order chi connectivity index (χ1) is 8.85. The lowest BCUT2D eigenvalue weighted by molar-refractivity contribution is -0.142. The number of rotatable bonds is 4. The Morgan fingerprint density at radius 1 is 1.58 bits per heavy atom. The fourth-order valence-corrected chi connectivity index (χ4v) is 1.85. The molecule has 2 rings (SSSR count). The lowest BCUT2D eigenvalue weighted by atomic mass is 9.95. The largest absolute Gasteiger partial charge is 0.476 e. The molecule has 1 aromatic rings. The van der Waals surface area contributed by atoms with Gasteiger partial charge in [0.2, 0.25) is 5.91 Å². The third-order valence-corrected chi connectivity index (χ3v) is 3.48. The summed E-state index contributed by atoms with van der Waals surface area (Å²) in [6, 6.07) is -0.0304. The monoisotopic (exact) mass is 267 g/mol. The predicted molar refractivity (Wildman–Crippen MR) is 65.5 cm³/mol. The van der Waals surface area contributed by atoms with Crippen LogP contribution in [0.3, 0.4) is 0 Å². The molecule has 104 valence electrons. The zero-order valence-corrected chi connectivity index (χ0v) is 10.9. The number of nitrogens with zero attached hydrogens (tertiary/aromatic N) is 4. The van der Waals surface area contributed by atoms with Gasteiger partial charge in [0.15, 0.2) is 5.69 Å². The average Bonchev–Trinajstić information content (AvgIpc) is 2.76. The molecule has 1 amide bonds. The second-order valence-electron chi connectivity index (χ2n) is 5.02. The van der Waals surface area contributed by atoms with Gasteiger partial charge in [-0.15, -0.1) is 5.10 Å². The summed E-state index contributed by atoms with van der Waals surface area (Å²) in [5, 5.41) is 16.0. The van der Waals surface area contributed by atoms with Crippen LogP contribution in [0.25, 0.3) is 0 Å². The summed E-state index contributed by atoms with van der Waals surface area (Å²) >= 11 is 0. The summed E-state index contributed by atoms with van der Waals surface area (Å²) in [6.07, 6.45) is 1.94. The number of nitrogens with two attached hydrogens (primary N) is 1. The van der Waals surface area contributed by atoms with Crippen LogP contribution >= 0.6 is 0 Å². The Labute approximate surface area is 110 Å². The summed E-state index contributed by atoms with van der Waals surface area (Å²) in [4.78, 5) is 24.4. The van der Waals surface area contributed by atoms with Crippen LogP contribution in [0.1, 0.15) is 36.8 Å². The molecule has 19 heavy (non-hydrogen) atoms. The SMILES string of the molecule is CCC(C)(N)C(=O)N1CC(n2cc(C(=O)O)nn2)C1. The summed E-state index contributed by atoms with van der Waals surface area (Å²) in [5.74, 6) is -1.20. The number of hydrogen-bond donors (Lipinski definition) is 2. The number of likely N-dealkylation sites (tertiary alicyclic amines) is 1. The Morgan fingerprint density at radius 3 is 2.68 bits per heavy atom. The number of amides is 1. The van der Waals surface area contributed by atoms with Gasteiger partial charge in [-0.05, 0) is 13.3 Å². The van der Waals surface area contributed by atoms with Crippen molar-refractivity contribution in [2.45, 2.75) is 31.8 Å². The van der Waals surface area contributed by atoms with Gasteiger partial charge >= 0.3 is 5.97 Å². The Kier molecular flexibility index (Phi) is 3.27. The molecule has 0 bridgehead atoms. The van der Waals surface area contributed by atoms with Crippen molar-refractivity contribution >= 4 is 11.9 Å². The maximum absolute atomic E-state index is 12.0. The van der Waals surface area contributed by atoms with Gasteiger partial charge in [-0.3, -0.25) is 4.79 Å². The minimum absolute atomic E-state index is 0.0304. The van der Waals surface area contributed by atoms with Crippen molar-refractivity contribution in [3.63, 3.8) is 0 Å². The first-order valence-corrected chi connectivity index (χ1v) is 6.08. The van der Waals surface area contributed by atoms with E-state index in [1.807, 2.05) is 6.92 Å². The fourth-order valence-electron chi connectivity index (χ4n) is 1.85. The molecule has 1 fully saturated rings. The Hall–Kier alpha value is -1.96. The van der Waals surface area contributed by atoms with E-state index in [1.54, 1.807) is 11.8 Å². The van der Waals surface area contributed by atoms with Crippen LogP contribution < -0.4 is 5.73 Å². The van der Waals surface area contributed by atoms with Gasteiger partial charge in [-0.25, -0.2) is 9.48 Å². The number of hydrogen-bond acceptors (Lipinski definition) is 5. The van der Waals surface area contributed by atoms with E-state index < -0.39 is 11.5 Å². The minimum atomic E-state index is -1.11. The average molecular weight is 267 g/mol.